The summed E-state index contributed by atoms with van der Waals surface area (Å²) in [6, 6.07) is 1.10. The fourth-order valence-corrected chi connectivity index (χ4v) is 1.99. The third-order valence-electron chi connectivity index (χ3n) is 1.89. The molecule has 0 saturated heterocycles. The molecule has 0 atom stereocenters. The lowest BCUT2D eigenvalue weighted by molar-refractivity contribution is 0.323. The van der Waals surface area contributed by atoms with E-state index in [0.29, 0.717) is 23.3 Å². The van der Waals surface area contributed by atoms with Crippen LogP contribution in [0.25, 0.3) is 0 Å². The van der Waals surface area contributed by atoms with Crippen LogP contribution in [0.4, 0.5) is 0 Å². The van der Waals surface area contributed by atoms with E-state index in [-0.39, 0.29) is 0 Å². The zero-order valence-corrected chi connectivity index (χ0v) is 12.9. The van der Waals surface area contributed by atoms with Gasteiger partial charge in [0.25, 0.3) is 0 Å². The summed E-state index contributed by atoms with van der Waals surface area (Å²) in [7, 11) is 1.25. The molecule has 0 aliphatic carbocycles. The van der Waals surface area contributed by atoms with E-state index >= 15 is 0 Å². The minimum Gasteiger partial charge on any atom is -0.300 e. The van der Waals surface area contributed by atoms with Gasteiger partial charge >= 0.3 is 0 Å². The van der Waals surface area contributed by atoms with E-state index in [0.717, 1.165) is 0 Å². The number of nitrogens with one attached hydrogen (secondary N) is 2. The van der Waals surface area contributed by atoms with Crippen LogP contribution in [0.5, 0.6) is 0 Å². The van der Waals surface area contributed by atoms with Crippen LogP contribution in [-0.4, -0.2) is 28.5 Å². The van der Waals surface area contributed by atoms with Crippen LogP contribution < -0.4 is 10.6 Å². The third kappa shape index (κ3) is 8.72. The molecule has 3 heteroatoms. The molecule has 14 heavy (non-hydrogen) atoms. The lowest BCUT2D eigenvalue weighted by Crippen LogP contribution is -2.49. The van der Waals surface area contributed by atoms with Crippen molar-refractivity contribution in [2.75, 3.05) is 0 Å². The second-order valence-corrected chi connectivity index (χ2v) is 8.67. The molecule has 0 heterocycles. The van der Waals surface area contributed by atoms with Gasteiger partial charge in [0, 0.05) is 22.3 Å². The highest BCUT2D eigenvalue weighted by molar-refractivity contribution is 6.14. The summed E-state index contributed by atoms with van der Waals surface area (Å²) >= 11 is 0. The number of rotatable bonds is 6. The Balaban J connectivity index is 4.11. The summed E-state index contributed by atoms with van der Waals surface area (Å²) in [6.07, 6.45) is 1.68. The first kappa shape index (κ1) is 14.1. The Labute approximate surface area is 92.7 Å². The first-order chi connectivity index (χ1) is 6.20. The van der Waals surface area contributed by atoms with Gasteiger partial charge in [-0.2, -0.15) is 0 Å². The van der Waals surface area contributed by atoms with Gasteiger partial charge in [-0.15, -0.1) is 0 Å². The normalized spacial score (nSPS) is 13.5. The molecular weight excluding hydrogens is 188 g/mol. The van der Waals surface area contributed by atoms with E-state index in [1.165, 1.54) is 16.7 Å². The molecule has 0 fully saturated rings. The monoisotopic (exact) mass is 216 g/mol. The van der Waals surface area contributed by atoms with Crippen LogP contribution in [0.2, 0.25) is 5.04 Å². The maximum atomic E-state index is 3.58. The smallest absolute Gasteiger partial charge is 0.0577 e. The first-order valence-corrected chi connectivity index (χ1v) is 6.73. The highest BCUT2D eigenvalue weighted by Crippen LogP contribution is 2.24. The van der Waals surface area contributed by atoms with Crippen LogP contribution in [0, 0.1) is 0 Å². The van der Waals surface area contributed by atoms with Gasteiger partial charge in [0.05, 0.1) is 6.17 Å². The van der Waals surface area contributed by atoms with Crippen molar-refractivity contribution in [1.82, 2.24) is 10.6 Å². The Morgan fingerprint density at radius 1 is 1.00 bits per heavy atom. The van der Waals surface area contributed by atoms with Gasteiger partial charge in [-0.3, -0.25) is 10.6 Å². The summed E-state index contributed by atoms with van der Waals surface area (Å²) in [6.45, 7) is 13.5. The van der Waals surface area contributed by atoms with Crippen LogP contribution in [0.15, 0.2) is 0 Å². The highest BCUT2D eigenvalue weighted by atomic mass is 28.1. The summed E-state index contributed by atoms with van der Waals surface area (Å²) in [5, 5.41) is 7.67. The van der Waals surface area contributed by atoms with Gasteiger partial charge in [0.1, 0.15) is 0 Å². The molecule has 0 aromatic carbocycles. The van der Waals surface area contributed by atoms with E-state index < -0.39 is 0 Å². The molecule has 0 amide bonds. The number of hydrogen-bond acceptors (Lipinski definition) is 2. The van der Waals surface area contributed by atoms with Crippen molar-refractivity contribution in [1.29, 1.82) is 0 Å². The van der Waals surface area contributed by atoms with Crippen molar-refractivity contribution in [3.05, 3.63) is 0 Å². The summed E-state index contributed by atoms with van der Waals surface area (Å²) in [5.41, 5.74) is 0. The van der Waals surface area contributed by atoms with E-state index in [1.807, 2.05) is 0 Å². The van der Waals surface area contributed by atoms with Crippen molar-refractivity contribution >= 4 is 10.2 Å². The van der Waals surface area contributed by atoms with Crippen LogP contribution in [0.1, 0.15) is 48.0 Å². The van der Waals surface area contributed by atoms with Crippen molar-refractivity contribution in [3.63, 3.8) is 0 Å². The molecule has 0 spiro atoms. The zero-order valence-electron chi connectivity index (χ0n) is 10.9. The predicted octanol–water partition coefficient (Wildman–Crippen LogP) is 1.26. The van der Waals surface area contributed by atoms with Crippen molar-refractivity contribution in [2.45, 2.75) is 71.3 Å². The summed E-state index contributed by atoms with van der Waals surface area (Å²) in [5.74, 6) is 0. The minimum atomic E-state index is 0.461. The maximum Gasteiger partial charge on any atom is 0.0577 e. The third-order valence-corrected chi connectivity index (χ3v) is 2.29. The SMILES string of the molecule is CC(C)NC(CC(C)(C)[SiH3])NC(C)C. The van der Waals surface area contributed by atoms with Crippen LogP contribution in [-0.2, 0) is 0 Å². The first-order valence-electron chi connectivity index (χ1n) is 5.73. The Kier molecular flexibility index (Phi) is 5.94. The number of hydrogen-bond donors (Lipinski definition) is 2. The molecular formula is C11H28N2Si. The molecule has 0 saturated carbocycles. The Morgan fingerprint density at radius 2 is 1.36 bits per heavy atom. The second-order valence-electron chi connectivity index (χ2n) is 5.96. The molecule has 0 aromatic heterocycles. The summed E-state index contributed by atoms with van der Waals surface area (Å²) < 4.78 is 0. The maximum absolute atomic E-state index is 3.58. The Bertz CT molecular complexity index is 140. The molecule has 0 aliphatic rings. The van der Waals surface area contributed by atoms with Crippen LogP contribution in [0.3, 0.4) is 0 Å². The molecule has 0 rings (SSSR count). The van der Waals surface area contributed by atoms with Gasteiger partial charge in [0.2, 0.25) is 0 Å². The second kappa shape index (κ2) is 5.88. The van der Waals surface area contributed by atoms with Gasteiger partial charge in [0.15, 0.2) is 0 Å². The fraction of sp³-hybridized carbons (Fsp3) is 1.00. The molecule has 0 radical (unpaired) electrons. The van der Waals surface area contributed by atoms with E-state index in [1.54, 1.807) is 0 Å². The molecule has 2 nitrogen and oxygen atoms in total. The van der Waals surface area contributed by atoms with Gasteiger partial charge in [-0.05, 0) is 39.2 Å². The van der Waals surface area contributed by atoms with Crippen molar-refractivity contribution < 1.29 is 0 Å². The minimum absolute atomic E-state index is 0.461. The van der Waals surface area contributed by atoms with Gasteiger partial charge in [-0.25, -0.2) is 0 Å². The van der Waals surface area contributed by atoms with E-state index in [2.05, 4.69) is 52.2 Å². The van der Waals surface area contributed by atoms with Crippen molar-refractivity contribution in [2.24, 2.45) is 0 Å². The molecule has 2 N–H and O–H groups in total. The topological polar surface area (TPSA) is 24.1 Å². The average Bonchev–Trinajstić information content (AvgIpc) is 1.77. The Hall–Kier alpha value is 0.137. The van der Waals surface area contributed by atoms with Crippen LogP contribution >= 0.6 is 0 Å². The van der Waals surface area contributed by atoms with Gasteiger partial charge in [-0.1, -0.05) is 13.8 Å². The lowest BCUT2D eigenvalue weighted by atomic mass is 10.1. The van der Waals surface area contributed by atoms with E-state index in [4.69, 9.17) is 0 Å². The Morgan fingerprint density at radius 3 is 1.57 bits per heavy atom. The summed E-state index contributed by atoms with van der Waals surface area (Å²) in [4.78, 5) is 0. The molecule has 0 aliphatic heterocycles. The molecule has 0 bridgehead atoms. The fourth-order valence-electron chi connectivity index (χ4n) is 1.58. The highest BCUT2D eigenvalue weighted by Gasteiger charge is 2.19. The van der Waals surface area contributed by atoms with Gasteiger partial charge < -0.3 is 0 Å². The largest absolute Gasteiger partial charge is 0.300 e. The van der Waals surface area contributed by atoms with E-state index in [9.17, 15) is 0 Å². The predicted molar refractivity (Wildman–Crippen MR) is 68.9 cm³/mol. The lowest BCUT2D eigenvalue weighted by Gasteiger charge is -2.30. The molecule has 0 aromatic rings. The quantitative estimate of drug-likeness (QED) is 0.516. The zero-order chi connectivity index (χ0) is 11.4. The average molecular weight is 216 g/mol. The molecule has 86 valence electrons. The standard InChI is InChI=1S/C11H28N2Si/c1-8(2)12-10(13-9(3)4)7-11(5,6)14/h8-10,12-13H,7H2,1-6,14H3. The van der Waals surface area contributed by atoms with Crippen molar-refractivity contribution in [3.8, 4) is 0 Å². The molecule has 0 unspecified atom stereocenters.